The summed E-state index contributed by atoms with van der Waals surface area (Å²) in [6.45, 7) is 1.85. The number of aryl methyl sites for hydroxylation is 1. The fourth-order valence-corrected chi connectivity index (χ4v) is 3.85. The number of hydrogen-bond donors (Lipinski definition) is 2. The average molecular weight is 348 g/mol. The van der Waals surface area contributed by atoms with Gasteiger partial charge in [-0.3, -0.25) is 4.72 Å². The largest absolute Gasteiger partial charge is 0.398 e. The van der Waals surface area contributed by atoms with Crippen molar-refractivity contribution in [2.75, 3.05) is 10.5 Å². The molecule has 2 rings (SSSR count). The van der Waals surface area contributed by atoms with E-state index in [1.807, 2.05) is 6.92 Å². The molecule has 5 nitrogen and oxygen atoms in total. The van der Waals surface area contributed by atoms with Gasteiger partial charge in [0.15, 0.2) is 5.13 Å². The third kappa shape index (κ3) is 2.82. The van der Waals surface area contributed by atoms with Gasteiger partial charge in [-0.1, -0.05) is 17.4 Å². The first-order valence-electron chi connectivity index (χ1n) is 4.89. The fourth-order valence-electron chi connectivity index (χ4n) is 1.38. The molecule has 1 heterocycles. The van der Waals surface area contributed by atoms with E-state index in [0.717, 1.165) is 9.35 Å². The molecule has 0 fully saturated rings. The van der Waals surface area contributed by atoms with Crippen LogP contribution in [0.2, 0.25) is 0 Å². The van der Waals surface area contributed by atoms with Crippen molar-refractivity contribution in [3.63, 3.8) is 0 Å². The van der Waals surface area contributed by atoms with Gasteiger partial charge in [0.2, 0.25) is 0 Å². The highest BCUT2D eigenvalue weighted by Gasteiger charge is 2.18. The van der Waals surface area contributed by atoms with E-state index in [1.54, 1.807) is 12.1 Å². The van der Waals surface area contributed by atoms with Gasteiger partial charge in [0, 0.05) is 0 Å². The first kappa shape index (κ1) is 13.3. The molecule has 96 valence electrons. The van der Waals surface area contributed by atoms with E-state index in [2.05, 4.69) is 25.6 Å². The first-order valence-corrected chi connectivity index (χ1v) is 7.98. The standard InChI is InChI=1S/C10H10BrN3O2S2/c1-6-2-3-8(7(12)4-6)18(15,16)14-10-13-5-9(11)17-10/h2-5H,12H2,1H3,(H,13,14). The van der Waals surface area contributed by atoms with Crippen molar-refractivity contribution in [3.05, 3.63) is 33.7 Å². The summed E-state index contributed by atoms with van der Waals surface area (Å²) < 4.78 is 27.3. The third-order valence-electron chi connectivity index (χ3n) is 2.15. The molecule has 0 bridgehead atoms. The number of nitrogens with one attached hydrogen (secondary N) is 1. The Morgan fingerprint density at radius 3 is 2.72 bits per heavy atom. The Kier molecular flexibility index (Phi) is 3.60. The van der Waals surface area contributed by atoms with Gasteiger partial charge >= 0.3 is 0 Å². The summed E-state index contributed by atoms with van der Waals surface area (Å²) in [5.74, 6) is 0. The molecule has 8 heteroatoms. The quantitative estimate of drug-likeness (QED) is 0.835. The van der Waals surface area contributed by atoms with E-state index in [4.69, 9.17) is 5.73 Å². The molecule has 0 saturated carbocycles. The molecule has 3 N–H and O–H groups in total. The van der Waals surface area contributed by atoms with Crippen LogP contribution in [0.3, 0.4) is 0 Å². The van der Waals surface area contributed by atoms with Crippen LogP contribution in [0.1, 0.15) is 5.56 Å². The number of nitrogen functional groups attached to an aromatic ring is 1. The fraction of sp³-hybridized carbons (Fsp3) is 0.100. The lowest BCUT2D eigenvalue weighted by Gasteiger charge is -2.08. The molecule has 18 heavy (non-hydrogen) atoms. The highest BCUT2D eigenvalue weighted by molar-refractivity contribution is 9.11. The SMILES string of the molecule is Cc1ccc(S(=O)(=O)Nc2ncc(Br)s2)c(N)c1. The molecule has 1 aromatic carbocycles. The van der Waals surface area contributed by atoms with Gasteiger partial charge in [-0.25, -0.2) is 13.4 Å². The number of hydrogen-bond acceptors (Lipinski definition) is 5. The van der Waals surface area contributed by atoms with Crippen molar-refractivity contribution < 1.29 is 8.42 Å². The maximum absolute atomic E-state index is 12.1. The van der Waals surface area contributed by atoms with Crippen molar-refractivity contribution in [2.45, 2.75) is 11.8 Å². The lowest BCUT2D eigenvalue weighted by Crippen LogP contribution is -2.14. The minimum absolute atomic E-state index is 0.0550. The lowest BCUT2D eigenvalue weighted by atomic mass is 10.2. The van der Waals surface area contributed by atoms with Crippen molar-refractivity contribution >= 4 is 48.1 Å². The van der Waals surface area contributed by atoms with Crippen LogP contribution in [0.5, 0.6) is 0 Å². The second-order valence-corrected chi connectivity index (χ2v) is 7.68. The number of anilines is 2. The monoisotopic (exact) mass is 347 g/mol. The minimum atomic E-state index is -3.70. The number of nitrogens with zero attached hydrogens (tertiary/aromatic N) is 1. The number of nitrogens with two attached hydrogens (primary N) is 1. The first-order chi connectivity index (χ1) is 8.38. The highest BCUT2D eigenvalue weighted by Crippen LogP contribution is 2.27. The molecule has 0 aliphatic carbocycles. The van der Waals surface area contributed by atoms with Gasteiger partial charge in [-0.05, 0) is 40.5 Å². The zero-order valence-corrected chi connectivity index (χ0v) is 12.6. The van der Waals surface area contributed by atoms with Gasteiger partial charge < -0.3 is 5.73 Å². The Bertz CT molecular complexity index is 682. The third-order valence-corrected chi connectivity index (χ3v) is 5.09. The van der Waals surface area contributed by atoms with Crippen molar-refractivity contribution in [1.29, 1.82) is 0 Å². The average Bonchev–Trinajstić information content (AvgIpc) is 2.62. The topological polar surface area (TPSA) is 85.1 Å². The number of rotatable bonds is 3. The van der Waals surface area contributed by atoms with Crippen LogP contribution in [0, 0.1) is 6.92 Å². The van der Waals surface area contributed by atoms with E-state index in [0.29, 0.717) is 5.13 Å². The predicted molar refractivity (Wildman–Crippen MR) is 76.2 cm³/mol. The van der Waals surface area contributed by atoms with Gasteiger partial charge in [0.05, 0.1) is 15.7 Å². The van der Waals surface area contributed by atoms with Crippen molar-refractivity contribution in [2.24, 2.45) is 0 Å². The maximum Gasteiger partial charge on any atom is 0.265 e. The summed E-state index contributed by atoms with van der Waals surface area (Å²) in [4.78, 5) is 3.97. The van der Waals surface area contributed by atoms with Crippen LogP contribution in [-0.2, 0) is 10.0 Å². The summed E-state index contributed by atoms with van der Waals surface area (Å²) in [5, 5.41) is 0.293. The molecular weight excluding hydrogens is 338 g/mol. The minimum Gasteiger partial charge on any atom is -0.398 e. The Hall–Kier alpha value is -1.12. The summed E-state index contributed by atoms with van der Waals surface area (Å²) in [5.41, 5.74) is 6.85. The zero-order valence-electron chi connectivity index (χ0n) is 9.34. The molecule has 0 radical (unpaired) electrons. The zero-order chi connectivity index (χ0) is 13.3. The highest BCUT2D eigenvalue weighted by atomic mass is 79.9. The lowest BCUT2D eigenvalue weighted by molar-refractivity contribution is 0.601. The number of aromatic nitrogens is 1. The molecule has 2 aromatic rings. The predicted octanol–water partition coefficient (Wildman–Crippen LogP) is 2.60. The van der Waals surface area contributed by atoms with E-state index < -0.39 is 10.0 Å². The smallest absolute Gasteiger partial charge is 0.265 e. The van der Waals surface area contributed by atoms with Gasteiger partial charge in [0.1, 0.15) is 4.90 Å². The van der Waals surface area contributed by atoms with E-state index >= 15 is 0 Å². The second-order valence-electron chi connectivity index (χ2n) is 3.62. The van der Waals surface area contributed by atoms with Crippen molar-refractivity contribution in [1.82, 2.24) is 4.98 Å². The van der Waals surface area contributed by atoms with Crippen LogP contribution in [0.15, 0.2) is 33.1 Å². The molecule has 0 aliphatic heterocycles. The summed E-state index contributed by atoms with van der Waals surface area (Å²) in [7, 11) is -3.70. The summed E-state index contributed by atoms with van der Waals surface area (Å²) in [6.07, 6.45) is 1.53. The molecule has 1 aromatic heterocycles. The summed E-state index contributed by atoms with van der Waals surface area (Å²) in [6, 6.07) is 4.80. The van der Waals surface area contributed by atoms with Crippen molar-refractivity contribution in [3.8, 4) is 0 Å². The molecule has 0 unspecified atom stereocenters. The molecule has 0 spiro atoms. The summed E-state index contributed by atoms with van der Waals surface area (Å²) >= 11 is 4.41. The molecule has 0 atom stereocenters. The van der Waals surface area contributed by atoms with Gasteiger partial charge in [-0.15, -0.1) is 0 Å². The maximum atomic E-state index is 12.1. The Labute approximate surface area is 117 Å². The Balaban J connectivity index is 2.36. The molecule has 0 saturated heterocycles. The number of sulfonamides is 1. The van der Waals surface area contributed by atoms with Crippen LogP contribution in [0.4, 0.5) is 10.8 Å². The van der Waals surface area contributed by atoms with Gasteiger partial charge in [0.25, 0.3) is 10.0 Å². The van der Waals surface area contributed by atoms with Crippen LogP contribution in [0.25, 0.3) is 0 Å². The number of halogens is 1. The number of thiazole rings is 1. The van der Waals surface area contributed by atoms with Gasteiger partial charge in [-0.2, -0.15) is 0 Å². The number of benzene rings is 1. The normalized spacial score (nSPS) is 11.4. The molecular formula is C10H10BrN3O2S2. The Morgan fingerprint density at radius 2 is 2.17 bits per heavy atom. The Morgan fingerprint density at radius 1 is 1.44 bits per heavy atom. The van der Waals surface area contributed by atoms with Crippen LogP contribution in [-0.4, -0.2) is 13.4 Å². The van der Waals surface area contributed by atoms with Crippen LogP contribution >= 0.6 is 27.3 Å². The van der Waals surface area contributed by atoms with E-state index in [1.165, 1.54) is 23.6 Å². The molecule has 0 amide bonds. The van der Waals surface area contributed by atoms with E-state index in [9.17, 15) is 8.42 Å². The molecule has 0 aliphatic rings. The second kappa shape index (κ2) is 4.87. The van der Waals surface area contributed by atoms with Crippen LogP contribution < -0.4 is 10.5 Å². The van der Waals surface area contributed by atoms with E-state index in [-0.39, 0.29) is 10.6 Å².